The molecule has 0 N–H and O–H groups in total. The SMILES string of the molecule is CC1C2C(c3ccc4c(c3)c3cc(C5C6C(C)C56)ccc3n4-c3ccc(N(C)c4ccccc4)cc3)C12. The summed E-state index contributed by atoms with van der Waals surface area (Å²) < 4.78 is 2.48. The highest BCUT2D eigenvalue weighted by Gasteiger charge is 2.71. The number of rotatable bonds is 5. The third-order valence-electron chi connectivity index (χ3n) is 10.6. The van der Waals surface area contributed by atoms with Crippen LogP contribution >= 0.6 is 0 Å². The molecule has 4 aliphatic carbocycles. The Kier molecular flexibility index (Phi) is 3.81. The van der Waals surface area contributed by atoms with Crippen molar-refractivity contribution in [1.82, 2.24) is 4.57 Å². The Morgan fingerprint density at radius 1 is 0.568 bits per heavy atom. The molecule has 0 spiro atoms. The quantitative estimate of drug-likeness (QED) is 0.245. The highest BCUT2D eigenvalue weighted by atomic mass is 15.1. The van der Waals surface area contributed by atoms with Crippen molar-refractivity contribution in [2.45, 2.75) is 25.7 Å². The van der Waals surface area contributed by atoms with E-state index >= 15 is 0 Å². The van der Waals surface area contributed by atoms with Gasteiger partial charge in [-0.25, -0.2) is 0 Å². The summed E-state index contributed by atoms with van der Waals surface area (Å²) in [6.45, 7) is 4.84. The first kappa shape index (κ1) is 20.5. The van der Waals surface area contributed by atoms with E-state index in [0.717, 1.165) is 47.3 Å². The first-order valence-electron chi connectivity index (χ1n) is 14.1. The number of benzene rings is 4. The molecule has 4 aliphatic rings. The monoisotopic (exact) mass is 480 g/mol. The lowest BCUT2D eigenvalue weighted by Crippen LogP contribution is -2.09. The van der Waals surface area contributed by atoms with Gasteiger partial charge in [0.15, 0.2) is 0 Å². The number of fused-ring (bicyclic) bond motifs is 5. The van der Waals surface area contributed by atoms with E-state index in [1.165, 1.54) is 38.9 Å². The van der Waals surface area contributed by atoms with Gasteiger partial charge in [-0.15, -0.1) is 0 Å². The standard InChI is InChI=1S/C35H32N2/c1-19-30-31(19)34(30)21-9-15-28-26(17-21)27-18-22(35-32-20(2)33(32)35)10-16-29(27)37(28)25-13-11-24(12-14-25)36(3)23-7-5-4-6-8-23/h4-20,30-35H,1-3H3. The van der Waals surface area contributed by atoms with Crippen LogP contribution in [0.2, 0.25) is 0 Å². The lowest BCUT2D eigenvalue weighted by molar-refractivity contribution is 0.607. The topological polar surface area (TPSA) is 8.17 Å². The number of para-hydroxylation sites is 1. The molecule has 9 rings (SSSR count). The third kappa shape index (κ3) is 2.76. The lowest BCUT2D eigenvalue weighted by atomic mass is 9.95. The predicted molar refractivity (Wildman–Crippen MR) is 153 cm³/mol. The average molecular weight is 481 g/mol. The molecule has 5 aromatic rings. The fourth-order valence-electron chi connectivity index (χ4n) is 8.05. The summed E-state index contributed by atoms with van der Waals surface area (Å²) in [6, 6.07) is 34.3. The van der Waals surface area contributed by atoms with Crippen LogP contribution in [0.5, 0.6) is 0 Å². The molecule has 0 saturated heterocycles. The molecular weight excluding hydrogens is 448 g/mol. The van der Waals surface area contributed by atoms with Gasteiger partial charge < -0.3 is 9.47 Å². The number of aromatic nitrogens is 1. The van der Waals surface area contributed by atoms with Gasteiger partial charge in [0, 0.05) is 34.9 Å². The van der Waals surface area contributed by atoms with Crippen LogP contribution in [0.1, 0.15) is 36.8 Å². The van der Waals surface area contributed by atoms with E-state index in [2.05, 4.69) is 121 Å². The van der Waals surface area contributed by atoms with Gasteiger partial charge in [-0.1, -0.05) is 44.2 Å². The van der Waals surface area contributed by atoms with Crippen LogP contribution in [0, 0.1) is 35.5 Å². The Morgan fingerprint density at radius 2 is 1.05 bits per heavy atom. The van der Waals surface area contributed by atoms with Gasteiger partial charge >= 0.3 is 0 Å². The average Bonchev–Trinajstić information content (AvgIpc) is 3.85. The predicted octanol–water partition coefficient (Wildman–Crippen LogP) is 8.51. The van der Waals surface area contributed by atoms with E-state index in [1.54, 1.807) is 11.1 Å². The zero-order chi connectivity index (χ0) is 24.6. The smallest absolute Gasteiger partial charge is 0.0541 e. The Balaban J connectivity index is 1.16. The highest BCUT2D eigenvalue weighted by molar-refractivity contribution is 6.10. The first-order valence-corrected chi connectivity index (χ1v) is 14.1. The molecule has 4 aromatic carbocycles. The fourth-order valence-corrected chi connectivity index (χ4v) is 8.05. The maximum atomic E-state index is 2.54. The molecule has 0 amide bonds. The van der Waals surface area contributed by atoms with Gasteiger partial charge in [-0.3, -0.25) is 0 Å². The molecule has 4 unspecified atom stereocenters. The summed E-state index contributed by atoms with van der Waals surface area (Å²) in [7, 11) is 2.14. The van der Waals surface area contributed by atoms with Crippen molar-refractivity contribution in [1.29, 1.82) is 0 Å². The van der Waals surface area contributed by atoms with Crippen LogP contribution in [0.25, 0.3) is 27.5 Å². The van der Waals surface area contributed by atoms with Crippen LogP contribution in [0.4, 0.5) is 11.4 Å². The molecule has 2 heteroatoms. The van der Waals surface area contributed by atoms with E-state index in [1.807, 2.05) is 0 Å². The maximum absolute atomic E-state index is 2.54. The second kappa shape index (κ2) is 6.86. The zero-order valence-corrected chi connectivity index (χ0v) is 21.7. The summed E-state index contributed by atoms with van der Waals surface area (Å²) in [5, 5.41) is 2.86. The van der Waals surface area contributed by atoms with Crippen LogP contribution in [-0.2, 0) is 0 Å². The molecule has 2 nitrogen and oxygen atoms in total. The number of nitrogens with zero attached hydrogens (tertiary/aromatic N) is 2. The Bertz CT molecular complexity index is 1610. The van der Waals surface area contributed by atoms with E-state index in [0.29, 0.717) is 0 Å². The van der Waals surface area contributed by atoms with Gasteiger partial charge in [-0.05, 0) is 119 Å². The number of hydrogen-bond acceptors (Lipinski definition) is 1. The molecular formula is C35H32N2. The second-order valence-corrected chi connectivity index (χ2v) is 12.4. The van der Waals surface area contributed by atoms with Crippen molar-refractivity contribution in [3.8, 4) is 5.69 Å². The van der Waals surface area contributed by atoms with Gasteiger partial charge in [0.2, 0.25) is 0 Å². The van der Waals surface area contributed by atoms with Crippen LogP contribution in [-0.4, -0.2) is 11.6 Å². The molecule has 4 atom stereocenters. The molecule has 4 fully saturated rings. The minimum Gasteiger partial charge on any atom is -0.345 e. The molecule has 37 heavy (non-hydrogen) atoms. The summed E-state index contributed by atoms with van der Waals surface area (Å²) in [6.07, 6.45) is 0. The van der Waals surface area contributed by atoms with Gasteiger partial charge in [0.1, 0.15) is 0 Å². The van der Waals surface area contributed by atoms with E-state index in [4.69, 9.17) is 0 Å². The second-order valence-electron chi connectivity index (χ2n) is 12.4. The van der Waals surface area contributed by atoms with E-state index in [-0.39, 0.29) is 0 Å². The third-order valence-corrected chi connectivity index (χ3v) is 10.6. The molecule has 0 bridgehead atoms. The number of hydrogen-bond donors (Lipinski definition) is 0. The van der Waals surface area contributed by atoms with Crippen molar-refractivity contribution < 1.29 is 0 Å². The van der Waals surface area contributed by atoms with Crippen molar-refractivity contribution in [2.75, 3.05) is 11.9 Å². The van der Waals surface area contributed by atoms with Crippen molar-refractivity contribution >= 4 is 33.2 Å². The summed E-state index contributed by atoms with van der Waals surface area (Å²) in [4.78, 5) is 2.25. The van der Waals surface area contributed by atoms with Gasteiger partial charge in [0.05, 0.1) is 11.0 Å². The zero-order valence-electron chi connectivity index (χ0n) is 21.7. The normalized spacial score (nSPS) is 32.2. The van der Waals surface area contributed by atoms with E-state index in [9.17, 15) is 0 Å². The first-order chi connectivity index (χ1) is 18.1. The lowest BCUT2D eigenvalue weighted by Gasteiger charge is -2.20. The van der Waals surface area contributed by atoms with E-state index < -0.39 is 0 Å². The largest absolute Gasteiger partial charge is 0.345 e. The molecule has 4 saturated carbocycles. The minimum atomic E-state index is 0.811. The van der Waals surface area contributed by atoms with Crippen LogP contribution in [0.15, 0.2) is 91.0 Å². The minimum absolute atomic E-state index is 0.811. The number of anilines is 2. The van der Waals surface area contributed by atoms with Crippen molar-refractivity contribution in [2.24, 2.45) is 35.5 Å². The van der Waals surface area contributed by atoms with Gasteiger partial charge in [0.25, 0.3) is 0 Å². The Labute approximate surface area is 218 Å². The molecule has 182 valence electrons. The molecule has 1 aromatic heterocycles. The fraction of sp³-hybridized carbons (Fsp3) is 0.314. The summed E-state index contributed by atoms with van der Waals surface area (Å²) >= 11 is 0. The molecule has 0 aliphatic heterocycles. The highest BCUT2D eigenvalue weighted by Crippen LogP contribution is 2.78. The van der Waals surface area contributed by atoms with Crippen molar-refractivity contribution in [3.63, 3.8) is 0 Å². The van der Waals surface area contributed by atoms with Crippen molar-refractivity contribution in [3.05, 3.63) is 102 Å². The Morgan fingerprint density at radius 3 is 1.54 bits per heavy atom. The maximum Gasteiger partial charge on any atom is 0.0541 e. The summed E-state index contributed by atoms with van der Waals surface area (Å²) in [5.41, 5.74) is 9.42. The summed E-state index contributed by atoms with van der Waals surface area (Å²) in [5.74, 6) is 7.34. The molecule has 0 radical (unpaired) electrons. The van der Waals surface area contributed by atoms with Crippen LogP contribution < -0.4 is 4.90 Å². The Hall–Kier alpha value is -3.52. The van der Waals surface area contributed by atoms with Crippen LogP contribution in [0.3, 0.4) is 0 Å². The van der Waals surface area contributed by atoms with Gasteiger partial charge in [-0.2, -0.15) is 0 Å². The molecule has 1 heterocycles.